The fourth-order valence-corrected chi connectivity index (χ4v) is 2.52. The summed E-state index contributed by atoms with van der Waals surface area (Å²) in [6.07, 6.45) is 15.7. The van der Waals surface area contributed by atoms with Crippen molar-refractivity contribution in [2.45, 2.75) is 77.7 Å². The van der Waals surface area contributed by atoms with Crippen molar-refractivity contribution < 1.29 is 0 Å². The third kappa shape index (κ3) is 6.72. The molecule has 0 aromatic carbocycles. The lowest BCUT2D eigenvalue weighted by molar-refractivity contribution is 0.535. The number of aromatic nitrogens is 1. The van der Waals surface area contributed by atoms with Gasteiger partial charge in [0.25, 0.3) is 0 Å². The van der Waals surface area contributed by atoms with Crippen LogP contribution in [0.15, 0.2) is 18.5 Å². The zero-order valence-corrected chi connectivity index (χ0v) is 12.7. The second-order valence-corrected chi connectivity index (χ2v) is 5.60. The Bertz CT molecular complexity index is 336. The van der Waals surface area contributed by atoms with Crippen LogP contribution in [-0.4, -0.2) is 4.98 Å². The summed E-state index contributed by atoms with van der Waals surface area (Å²) in [5.41, 5.74) is 8.72. The standard InChI is InChI=1S/C17H30N2/c1-3-4-5-6-7-8-9-10-11-17(18)16-14-19-13-12-15(16)2/h12-14,17H,3-11,18H2,1-2H3. The highest BCUT2D eigenvalue weighted by Gasteiger charge is 2.08. The molecule has 0 fully saturated rings. The third-order valence-corrected chi connectivity index (χ3v) is 3.85. The molecule has 1 atom stereocenters. The Morgan fingerprint density at radius 3 is 2.32 bits per heavy atom. The molecule has 2 N–H and O–H groups in total. The molecule has 0 spiro atoms. The Morgan fingerprint density at radius 1 is 1.05 bits per heavy atom. The van der Waals surface area contributed by atoms with Gasteiger partial charge in [-0.1, -0.05) is 58.3 Å². The summed E-state index contributed by atoms with van der Waals surface area (Å²) in [5.74, 6) is 0. The smallest absolute Gasteiger partial charge is 0.0318 e. The molecule has 0 radical (unpaired) electrons. The molecule has 0 aliphatic heterocycles. The van der Waals surface area contributed by atoms with Gasteiger partial charge in [-0.05, 0) is 30.5 Å². The minimum absolute atomic E-state index is 0.161. The van der Waals surface area contributed by atoms with E-state index in [-0.39, 0.29) is 6.04 Å². The first kappa shape index (κ1) is 16.2. The van der Waals surface area contributed by atoms with E-state index in [1.165, 1.54) is 62.5 Å². The van der Waals surface area contributed by atoms with Gasteiger partial charge in [-0.3, -0.25) is 4.98 Å². The van der Waals surface area contributed by atoms with Crippen LogP contribution in [0.2, 0.25) is 0 Å². The van der Waals surface area contributed by atoms with Gasteiger partial charge in [-0.2, -0.15) is 0 Å². The lowest BCUT2D eigenvalue weighted by Crippen LogP contribution is -2.11. The van der Waals surface area contributed by atoms with Gasteiger partial charge in [-0.25, -0.2) is 0 Å². The summed E-state index contributed by atoms with van der Waals surface area (Å²) in [6.45, 7) is 4.38. The molecule has 0 bridgehead atoms. The van der Waals surface area contributed by atoms with E-state index in [0.29, 0.717) is 0 Å². The summed E-state index contributed by atoms with van der Waals surface area (Å²) in [7, 11) is 0. The molecule has 0 saturated heterocycles. The van der Waals surface area contributed by atoms with Gasteiger partial charge < -0.3 is 5.73 Å². The number of hydrogen-bond donors (Lipinski definition) is 1. The van der Waals surface area contributed by atoms with E-state index in [1.807, 2.05) is 18.5 Å². The zero-order chi connectivity index (χ0) is 13.9. The van der Waals surface area contributed by atoms with Crippen LogP contribution in [0.1, 0.15) is 81.9 Å². The fraction of sp³-hybridized carbons (Fsp3) is 0.706. The number of rotatable bonds is 10. The van der Waals surface area contributed by atoms with E-state index >= 15 is 0 Å². The monoisotopic (exact) mass is 262 g/mol. The SMILES string of the molecule is CCCCCCCCCCC(N)c1cnccc1C. The summed E-state index contributed by atoms with van der Waals surface area (Å²) >= 11 is 0. The zero-order valence-electron chi connectivity index (χ0n) is 12.7. The maximum atomic E-state index is 6.24. The van der Waals surface area contributed by atoms with Crippen molar-refractivity contribution in [3.8, 4) is 0 Å². The van der Waals surface area contributed by atoms with Crippen LogP contribution in [0.25, 0.3) is 0 Å². The molecule has 2 nitrogen and oxygen atoms in total. The molecule has 0 saturated carbocycles. The molecule has 2 heteroatoms. The van der Waals surface area contributed by atoms with Crippen LogP contribution in [0, 0.1) is 6.92 Å². The molecular formula is C17H30N2. The predicted molar refractivity (Wildman–Crippen MR) is 83.1 cm³/mol. The topological polar surface area (TPSA) is 38.9 Å². The molecule has 1 heterocycles. The molecule has 1 aromatic rings. The first-order valence-electron chi connectivity index (χ1n) is 7.91. The number of nitrogens with zero attached hydrogens (tertiary/aromatic N) is 1. The first-order valence-corrected chi connectivity index (χ1v) is 7.91. The van der Waals surface area contributed by atoms with Gasteiger partial charge in [0.2, 0.25) is 0 Å². The fourth-order valence-electron chi connectivity index (χ4n) is 2.52. The Balaban J connectivity index is 2.08. The van der Waals surface area contributed by atoms with Crippen LogP contribution >= 0.6 is 0 Å². The van der Waals surface area contributed by atoms with Crippen LogP contribution in [-0.2, 0) is 0 Å². The van der Waals surface area contributed by atoms with Gasteiger partial charge in [0.05, 0.1) is 0 Å². The van der Waals surface area contributed by atoms with Crippen molar-refractivity contribution in [3.63, 3.8) is 0 Å². The van der Waals surface area contributed by atoms with E-state index in [4.69, 9.17) is 5.73 Å². The summed E-state index contributed by atoms with van der Waals surface area (Å²) in [6, 6.07) is 2.21. The van der Waals surface area contributed by atoms with E-state index in [2.05, 4.69) is 18.8 Å². The molecule has 108 valence electrons. The second-order valence-electron chi connectivity index (χ2n) is 5.60. The van der Waals surface area contributed by atoms with Gasteiger partial charge >= 0.3 is 0 Å². The van der Waals surface area contributed by atoms with Crippen molar-refractivity contribution in [3.05, 3.63) is 29.6 Å². The Labute approximate surface area is 118 Å². The first-order chi connectivity index (χ1) is 9.25. The largest absolute Gasteiger partial charge is 0.324 e. The average molecular weight is 262 g/mol. The average Bonchev–Trinajstić information content (AvgIpc) is 2.42. The highest BCUT2D eigenvalue weighted by molar-refractivity contribution is 5.24. The van der Waals surface area contributed by atoms with Crippen molar-refractivity contribution in [1.29, 1.82) is 0 Å². The van der Waals surface area contributed by atoms with Gasteiger partial charge in [0.1, 0.15) is 0 Å². The van der Waals surface area contributed by atoms with Crippen molar-refractivity contribution in [2.24, 2.45) is 5.73 Å². The summed E-state index contributed by atoms with van der Waals surface area (Å²) in [4.78, 5) is 4.17. The van der Waals surface area contributed by atoms with Gasteiger partial charge in [0.15, 0.2) is 0 Å². The summed E-state index contributed by atoms with van der Waals surface area (Å²) < 4.78 is 0. The normalized spacial score (nSPS) is 12.6. The molecule has 1 unspecified atom stereocenters. The molecular weight excluding hydrogens is 232 g/mol. The molecule has 0 aliphatic rings. The molecule has 1 aromatic heterocycles. The van der Waals surface area contributed by atoms with Crippen molar-refractivity contribution >= 4 is 0 Å². The van der Waals surface area contributed by atoms with E-state index in [9.17, 15) is 0 Å². The maximum absolute atomic E-state index is 6.24. The summed E-state index contributed by atoms with van der Waals surface area (Å²) in [5, 5.41) is 0. The van der Waals surface area contributed by atoms with Gasteiger partial charge in [-0.15, -0.1) is 0 Å². The second kappa shape index (κ2) is 9.96. The number of nitrogens with two attached hydrogens (primary N) is 1. The molecule has 1 rings (SSSR count). The van der Waals surface area contributed by atoms with Crippen molar-refractivity contribution in [2.75, 3.05) is 0 Å². The molecule has 19 heavy (non-hydrogen) atoms. The Kier molecular flexibility index (Phi) is 8.48. The minimum atomic E-state index is 0.161. The van der Waals surface area contributed by atoms with Crippen LogP contribution in [0.5, 0.6) is 0 Å². The number of pyridine rings is 1. The van der Waals surface area contributed by atoms with Crippen LogP contribution < -0.4 is 5.73 Å². The molecule has 0 amide bonds. The predicted octanol–water partition coefficient (Wildman–Crippen LogP) is 4.92. The van der Waals surface area contributed by atoms with E-state index in [0.717, 1.165) is 6.42 Å². The Hall–Kier alpha value is -0.890. The Morgan fingerprint density at radius 2 is 1.68 bits per heavy atom. The maximum Gasteiger partial charge on any atom is 0.0318 e. The number of hydrogen-bond acceptors (Lipinski definition) is 2. The highest BCUT2D eigenvalue weighted by Crippen LogP contribution is 2.20. The lowest BCUT2D eigenvalue weighted by Gasteiger charge is -2.13. The number of unbranched alkanes of at least 4 members (excludes halogenated alkanes) is 7. The number of aryl methyl sites for hydroxylation is 1. The minimum Gasteiger partial charge on any atom is -0.324 e. The quantitative estimate of drug-likeness (QED) is 0.608. The van der Waals surface area contributed by atoms with E-state index < -0.39 is 0 Å². The van der Waals surface area contributed by atoms with E-state index in [1.54, 1.807) is 0 Å². The van der Waals surface area contributed by atoms with Gasteiger partial charge in [0, 0.05) is 18.4 Å². The van der Waals surface area contributed by atoms with Crippen LogP contribution in [0.4, 0.5) is 0 Å². The van der Waals surface area contributed by atoms with Crippen molar-refractivity contribution in [1.82, 2.24) is 4.98 Å². The lowest BCUT2D eigenvalue weighted by atomic mass is 9.98. The third-order valence-electron chi connectivity index (χ3n) is 3.85. The highest BCUT2D eigenvalue weighted by atomic mass is 14.7. The molecule has 0 aliphatic carbocycles. The van der Waals surface area contributed by atoms with Crippen LogP contribution in [0.3, 0.4) is 0 Å².